The highest BCUT2D eigenvalue weighted by molar-refractivity contribution is 7.90. The van der Waals surface area contributed by atoms with Gasteiger partial charge in [-0.25, -0.2) is 8.42 Å². The quantitative estimate of drug-likeness (QED) is 0.796. The molecule has 0 aliphatic heterocycles. The van der Waals surface area contributed by atoms with Gasteiger partial charge in [-0.1, -0.05) is 29.8 Å². The minimum absolute atomic E-state index is 0. The van der Waals surface area contributed by atoms with Crippen LogP contribution >= 0.6 is 24.0 Å². The molecule has 0 fully saturated rings. The number of sulfone groups is 1. The van der Waals surface area contributed by atoms with E-state index in [0.29, 0.717) is 18.1 Å². The summed E-state index contributed by atoms with van der Waals surface area (Å²) in [6.07, 6.45) is 1.25. The van der Waals surface area contributed by atoms with Gasteiger partial charge in [0.05, 0.1) is 11.8 Å². The fourth-order valence-electron chi connectivity index (χ4n) is 1.88. The van der Waals surface area contributed by atoms with Crippen molar-refractivity contribution in [3.63, 3.8) is 0 Å². The number of rotatable bonds is 7. The first-order valence-electron chi connectivity index (χ1n) is 6.70. The molecule has 0 saturated heterocycles. The third kappa shape index (κ3) is 6.96. The van der Waals surface area contributed by atoms with Crippen LogP contribution in [-0.2, 0) is 21.2 Å². The van der Waals surface area contributed by atoms with Gasteiger partial charge in [0, 0.05) is 24.4 Å². The summed E-state index contributed by atoms with van der Waals surface area (Å²) in [7, 11) is -3.12. The van der Waals surface area contributed by atoms with Gasteiger partial charge >= 0.3 is 0 Å². The zero-order valence-corrected chi connectivity index (χ0v) is 15.0. The first kappa shape index (κ1) is 21.2. The summed E-state index contributed by atoms with van der Waals surface area (Å²) in [5, 5.41) is 0.591. The second-order valence-corrected chi connectivity index (χ2v) is 7.64. The molecule has 0 heterocycles. The van der Waals surface area contributed by atoms with Crippen molar-refractivity contribution in [2.24, 2.45) is 5.73 Å². The van der Waals surface area contributed by atoms with E-state index in [0.717, 1.165) is 11.8 Å². The van der Waals surface area contributed by atoms with E-state index in [4.69, 9.17) is 17.3 Å². The lowest BCUT2D eigenvalue weighted by Gasteiger charge is -2.24. The van der Waals surface area contributed by atoms with Crippen LogP contribution in [0.15, 0.2) is 24.3 Å². The van der Waals surface area contributed by atoms with E-state index in [-0.39, 0.29) is 30.5 Å². The lowest BCUT2D eigenvalue weighted by Crippen LogP contribution is -2.44. The van der Waals surface area contributed by atoms with Crippen LogP contribution in [0.5, 0.6) is 0 Å². The van der Waals surface area contributed by atoms with Gasteiger partial charge in [0.1, 0.15) is 9.84 Å². The minimum atomic E-state index is -3.12. The zero-order valence-electron chi connectivity index (χ0n) is 12.7. The van der Waals surface area contributed by atoms with Crippen molar-refractivity contribution in [1.82, 2.24) is 4.90 Å². The van der Waals surface area contributed by atoms with Crippen molar-refractivity contribution >= 4 is 39.8 Å². The Morgan fingerprint density at radius 1 is 1.36 bits per heavy atom. The van der Waals surface area contributed by atoms with Crippen LogP contribution in [0.3, 0.4) is 0 Å². The second kappa shape index (κ2) is 9.35. The molecule has 1 atom stereocenters. The smallest absolute Gasteiger partial charge is 0.239 e. The van der Waals surface area contributed by atoms with Crippen LogP contribution in [0.25, 0.3) is 0 Å². The molecule has 1 rings (SSSR count). The summed E-state index contributed by atoms with van der Waals surface area (Å²) < 4.78 is 22.3. The van der Waals surface area contributed by atoms with Gasteiger partial charge in [-0.2, -0.15) is 0 Å². The molecule has 0 bridgehead atoms. The van der Waals surface area contributed by atoms with Crippen LogP contribution in [0, 0.1) is 0 Å². The molecule has 8 heteroatoms. The summed E-state index contributed by atoms with van der Waals surface area (Å²) in [6.45, 7) is 2.69. The average Bonchev–Trinajstić information content (AvgIpc) is 2.42. The molecular formula is C14H22Cl2N2O3S. The van der Waals surface area contributed by atoms with Crippen molar-refractivity contribution in [3.8, 4) is 0 Å². The standard InChI is InChI=1S/C14H21ClN2O3S.ClH/c1-3-17(10-11-6-4-5-7-12(11)15)14(18)13(16)8-9-21(2,19)20;/h4-7,13H,3,8-10,16H2,1-2H3;1H. The van der Waals surface area contributed by atoms with Crippen LogP contribution in [0.4, 0.5) is 0 Å². The highest BCUT2D eigenvalue weighted by atomic mass is 35.5. The highest BCUT2D eigenvalue weighted by Gasteiger charge is 2.21. The number of hydrogen-bond acceptors (Lipinski definition) is 4. The highest BCUT2D eigenvalue weighted by Crippen LogP contribution is 2.17. The number of carbonyl (C=O) groups is 1. The molecule has 0 spiro atoms. The maximum Gasteiger partial charge on any atom is 0.239 e. The topological polar surface area (TPSA) is 80.5 Å². The lowest BCUT2D eigenvalue weighted by atomic mass is 10.1. The Hall–Kier alpha value is -0.820. The number of amides is 1. The Morgan fingerprint density at radius 3 is 2.45 bits per heavy atom. The van der Waals surface area contributed by atoms with E-state index < -0.39 is 15.9 Å². The Bertz CT molecular complexity index is 594. The molecule has 1 aromatic carbocycles. The summed E-state index contributed by atoms with van der Waals surface area (Å²) in [6, 6.07) is 6.46. The summed E-state index contributed by atoms with van der Waals surface area (Å²) in [5.41, 5.74) is 6.64. The van der Waals surface area contributed by atoms with Gasteiger partial charge in [0.15, 0.2) is 0 Å². The van der Waals surface area contributed by atoms with Crippen LogP contribution in [-0.4, -0.2) is 43.8 Å². The van der Waals surface area contributed by atoms with Crippen molar-refractivity contribution in [1.29, 1.82) is 0 Å². The fourth-order valence-corrected chi connectivity index (χ4v) is 2.75. The Balaban J connectivity index is 0.00000441. The molecule has 22 heavy (non-hydrogen) atoms. The Morgan fingerprint density at radius 2 is 1.95 bits per heavy atom. The van der Waals surface area contributed by atoms with Gasteiger partial charge in [-0.3, -0.25) is 4.79 Å². The number of likely N-dealkylation sites (N-methyl/N-ethyl adjacent to an activating group) is 1. The predicted molar refractivity (Wildman–Crippen MR) is 92.1 cm³/mol. The molecule has 0 saturated carbocycles. The number of nitrogens with zero attached hydrogens (tertiary/aromatic N) is 1. The maximum atomic E-state index is 12.3. The van der Waals surface area contributed by atoms with E-state index in [1.165, 1.54) is 0 Å². The molecule has 2 N–H and O–H groups in total. The summed E-state index contributed by atoms with van der Waals surface area (Å²) in [4.78, 5) is 13.8. The van der Waals surface area contributed by atoms with Gasteiger partial charge in [0.25, 0.3) is 0 Å². The monoisotopic (exact) mass is 368 g/mol. The molecule has 0 aliphatic rings. The van der Waals surface area contributed by atoms with E-state index in [1.807, 2.05) is 25.1 Å². The van der Waals surface area contributed by atoms with Gasteiger partial charge in [-0.05, 0) is 25.0 Å². The molecule has 1 amide bonds. The molecular weight excluding hydrogens is 347 g/mol. The molecule has 126 valence electrons. The molecule has 0 radical (unpaired) electrons. The van der Waals surface area contributed by atoms with E-state index in [1.54, 1.807) is 11.0 Å². The normalized spacial score (nSPS) is 12.4. The van der Waals surface area contributed by atoms with Gasteiger partial charge < -0.3 is 10.6 Å². The molecule has 5 nitrogen and oxygen atoms in total. The number of halogens is 2. The average molecular weight is 369 g/mol. The van der Waals surface area contributed by atoms with E-state index >= 15 is 0 Å². The van der Waals surface area contributed by atoms with E-state index in [2.05, 4.69) is 0 Å². The first-order valence-corrected chi connectivity index (χ1v) is 9.14. The first-order chi connectivity index (χ1) is 9.74. The van der Waals surface area contributed by atoms with Gasteiger partial charge in [0.2, 0.25) is 5.91 Å². The minimum Gasteiger partial charge on any atom is -0.337 e. The SMILES string of the molecule is CCN(Cc1ccccc1Cl)C(=O)C(N)CCS(C)(=O)=O.Cl. The van der Waals surface area contributed by atoms with Crippen molar-refractivity contribution in [3.05, 3.63) is 34.9 Å². The largest absolute Gasteiger partial charge is 0.337 e. The number of hydrogen-bond donors (Lipinski definition) is 1. The Labute approximate surface area is 143 Å². The van der Waals surface area contributed by atoms with Crippen molar-refractivity contribution in [2.45, 2.75) is 25.9 Å². The predicted octanol–water partition coefficient (Wildman–Crippen LogP) is 1.87. The van der Waals surface area contributed by atoms with Crippen LogP contribution in [0.2, 0.25) is 5.02 Å². The molecule has 1 unspecified atom stereocenters. The van der Waals surface area contributed by atoms with E-state index in [9.17, 15) is 13.2 Å². The lowest BCUT2D eigenvalue weighted by molar-refractivity contribution is -0.133. The third-order valence-corrected chi connectivity index (χ3v) is 4.48. The van der Waals surface area contributed by atoms with Crippen LogP contribution < -0.4 is 5.73 Å². The zero-order chi connectivity index (χ0) is 16.0. The van der Waals surface area contributed by atoms with Crippen molar-refractivity contribution < 1.29 is 13.2 Å². The molecule has 1 aromatic rings. The number of benzene rings is 1. The second-order valence-electron chi connectivity index (χ2n) is 4.97. The molecule has 0 aromatic heterocycles. The summed E-state index contributed by atoms with van der Waals surface area (Å²) in [5.74, 6) is -0.357. The number of nitrogens with two attached hydrogens (primary N) is 1. The van der Waals surface area contributed by atoms with Crippen molar-refractivity contribution in [2.75, 3.05) is 18.6 Å². The third-order valence-electron chi connectivity index (χ3n) is 3.13. The fraction of sp³-hybridized carbons (Fsp3) is 0.500. The number of carbonyl (C=O) groups excluding carboxylic acids is 1. The maximum absolute atomic E-state index is 12.3. The van der Waals surface area contributed by atoms with Gasteiger partial charge in [-0.15, -0.1) is 12.4 Å². The Kier molecular flexibility index (Phi) is 9.00. The molecule has 0 aliphatic carbocycles. The summed E-state index contributed by atoms with van der Waals surface area (Å²) >= 11 is 6.08. The van der Waals surface area contributed by atoms with Crippen LogP contribution in [0.1, 0.15) is 18.9 Å².